The van der Waals surface area contributed by atoms with Crippen molar-refractivity contribution in [3.8, 4) is 11.5 Å². The van der Waals surface area contributed by atoms with Crippen molar-refractivity contribution in [3.05, 3.63) is 47.0 Å². The van der Waals surface area contributed by atoms with Gasteiger partial charge >= 0.3 is 5.97 Å². The lowest BCUT2D eigenvalue weighted by molar-refractivity contribution is -0.157. The van der Waals surface area contributed by atoms with Crippen LogP contribution in [0.15, 0.2) is 35.6 Å². The van der Waals surface area contributed by atoms with Gasteiger partial charge in [0.2, 0.25) is 0 Å². The number of carbonyl (C=O) groups excluding carboxylic acids is 1. The Kier molecular flexibility index (Phi) is 5.86. The molecule has 2 heterocycles. The topological polar surface area (TPSA) is 108 Å². The number of nitrogens with one attached hydrogen (secondary N) is 1. The molecule has 9 heteroatoms. The molecule has 0 unspecified atom stereocenters. The predicted octanol–water partition coefficient (Wildman–Crippen LogP) is 2.30. The molecule has 154 valence electrons. The molecule has 3 rings (SSSR count). The highest BCUT2D eigenvalue weighted by molar-refractivity contribution is 5.81. The monoisotopic (exact) mass is 400 g/mol. The van der Waals surface area contributed by atoms with Crippen LogP contribution in [0.3, 0.4) is 0 Å². The first kappa shape index (κ1) is 20.4. The Morgan fingerprint density at radius 3 is 2.66 bits per heavy atom. The molecule has 0 aliphatic carbocycles. The van der Waals surface area contributed by atoms with Crippen molar-refractivity contribution in [1.29, 1.82) is 0 Å². The van der Waals surface area contributed by atoms with Gasteiger partial charge in [-0.25, -0.2) is 9.97 Å². The quantitative estimate of drug-likeness (QED) is 0.606. The largest absolute Gasteiger partial charge is 0.493 e. The Balaban J connectivity index is 1.80. The van der Waals surface area contributed by atoms with Gasteiger partial charge < -0.3 is 19.2 Å². The number of benzene rings is 1. The van der Waals surface area contributed by atoms with Gasteiger partial charge in [-0.3, -0.25) is 14.2 Å². The Bertz CT molecular complexity index is 1050. The molecule has 0 spiro atoms. The van der Waals surface area contributed by atoms with E-state index in [1.54, 1.807) is 45.3 Å². The summed E-state index contributed by atoms with van der Waals surface area (Å²) in [6.45, 7) is 5.41. The van der Waals surface area contributed by atoms with E-state index in [4.69, 9.17) is 14.2 Å². The number of hydrogen-bond acceptors (Lipinski definition) is 7. The zero-order chi connectivity index (χ0) is 21.0. The highest BCUT2D eigenvalue weighted by Crippen LogP contribution is 2.30. The number of carbonyl (C=O) groups is 1. The van der Waals surface area contributed by atoms with Crippen molar-refractivity contribution in [3.63, 3.8) is 0 Å². The first-order chi connectivity index (χ1) is 13.8. The second-order valence-electron chi connectivity index (χ2n) is 7.48. The van der Waals surface area contributed by atoms with Gasteiger partial charge in [-0.15, -0.1) is 0 Å². The molecule has 1 N–H and O–H groups in total. The van der Waals surface area contributed by atoms with Crippen LogP contribution in [0.2, 0.25) is 0 Å². The van der Waals surface area contributed by atoms with Crippen molar-refractivity contribution in [2.45, 2.75) is 33.9 Å². The Morgan fingerprint density at radius 1 is 1.21 bits per heavy atom. The summed E-state index contributed by atoms with van der Waals surface area (Å²) in [6, 6.07) is 3.23. The van der Waals surface area contributed by atoms with Crippen LogP contribution in [0.4, 0.5) is 0 Å². The average molecular weight is 400 g/mol. The van der Waals surface area contributed by atoms with Crippen LogP contribution in [0.5, 0.6) is 11.5 Å². The number of ether oxygens (including phenoxy) is 3. The van der Waals surface area contributed by atoms with Gasteiger partial charge in [0.1, 0.15) is 12.2 Å². The maximum absolute atomic E-state index is 12.8. The van der Waals surface area contributed by atoms with Crippen molar-refractivity contribution >= 4 is 16.9 Å². The van der Waals surface area contributed by atoms with Crippen LogP contribution in [-0.2, 0) is 22.7 Å². The number of fused-ring (bicyclic) bond motifs is 1. The minimum absolute atomic E-state index is 0.207. The lowest BCUT2D eigenvalue weighted by Gasteiger charge is -2.17. The number of methoxy groups -OCH3 is 1. The lowest BCUT2D eigenvalue weighted by Crippen LogP contribution is -2.28. The van der Waals surface area contributed by atoms with Crippen LogP contribution in [-0.4, -0.2) is 39.2 Å². The molecule has 0 aliphatic heterocycles. The molecular weight excluding hydrogens is 376 g/mol. The third kappa shape index (κ3) is 4.74. The minimum Gasteiger partial charge on any atom is -0.493 e. The highest BCUT2D eigenvalue weighted by Gasteiger charge is 2.23. The number of nitrogens with zero attached hydrogens (tertiary/aromatic N) is 3. The van der Waals surface area contributed by atoms with Gasteiger partial charge in [-0.1, -0.05) is 0 Å². The summed E-state index contributed by atoms with van der Waals surface area (Å²) in [4.78, 5) is 36.2. The van der Waals surface area contributed by atoms with Gasteiger partial charge in [-0.05, 0) is 26.8 Å². The van der Waals surface area contributed by atoms with E-state index in [0.717, 1.165) is 5.82 Å². The first-order valence-corrected chi connectivity index (χ1v) is 9.15. The zero-order valence-electron chi connectivity index (χ0n) is 16.9. The van der Waals surface area contributed by atoms with Crippen molar-refractivity contribution < 1.29 is 19.0 Å². The number of rotatable bonds is 7. The molecule has 0 fully saturated rings. The van der Waals surface area contributed by atoms with Crippen LogP contribution in [0, 0.1) is 5.41 Å². The molecule has 1 aromatic carbocycles. The maximum atomic E-state index is 12.8. The number of aromatic nitrogens is 4. The summed E-state index contributed by atoms with van der Waals surface area (Å²) in [5.74, 6) is 1.31. The molecule has 0 saturated carbocycles. The van der Waals surface area contributed by atoms with E-state index in [0.29, 0.717) is 35.4 Å². The summed E-state index contributed by atoms with van der Waals surface area (Å²) in [5, 5.41) is 0.342. The smallest absolute Gasteiger partial charge is 0.312 e. The highest BCUT2D eigenvalue weighted by atomic mass is 16.5. The van der Waals surface area contributed by atoms with E-state index in [9.17, 15) is 9.59 Å². The van der Waals surface area contributed by atoms with Crippen LogP contribution in [0.25, 0.3) is 10.9 Å². The van der Waals surface area contributed by atoms with Crippen LogP contribution in [0.1, 0.15) is 26.6 Å². The Hall–Kier alpha value is -3.36. The third-order valence-corrected chi connectivity index (χ3v) is 4.21. The lowest BCUT2D eigenvalue weighted by atomic mass is 9.98. The Morgan fingerprint density at radius 2 is 2.00 bits per heavy atom. The van der Waals surface area contributed by atoms with E-state index in [1.807, 2.05) is 0 Å². The van der Waals surface area contributed by atoms with Crippen molar-refractivity contribution in [2.75, 3.05) is 13.7 Å². The van der Waals surface area contributed by atoms with Crippen LogP contribution < -0.4 is 15.0 Å². The third-order valence-electron chi connectivity index (χ3n) is 4.21. The molecule has 0 saturated heterocycles. The molecule has 3 aromatic rings. The summed E-state index contributed by atoms with van der Waals surface area (Å²) < 4.78 is 17.6. The molecule has 0 aliphatic rings. The normalized spacial score (nSPS) is 11.4. The fourth-order valence-electron chi connectivity index (χ4n) is 2.57. The van der Waals surface area contributed by atoms with Crippen molar-refractivity contribution in [1.82, 2.24) is 19.5 Å². The second kappa shape index (κ2) is 8.34. The van der Waals surface area contributed by atoms with Crippen LogP contribution >= 0.6 is 0 Å². The first-order valence-electron chi connectivity index (χ1n) is 9.15. The number of imidazole rings is 1. The molecule has 0 bridgehead atoms. The zero-order valence-corrected chi connectivity index (χ0v) is 16.9. The van der Waals surface area contributed by atoms with E-state index >= 15 is 0 Å². The predicted molar refractivity (Wildman–Crippen MR) is 106 cm³/mol. The summed E-state index contributed by atoms with van der Waals surface area (Å²) >= 11 is 0. The number of esters is 1. The van der Waals surface area contributed by atoms with E-state index in [-0.39, 0.29) is 12.3 Å². The minimum atomic E-state index is -0.654. The molecule has 0 radical (unpaired) electrons. The summed E-state index contributed by atoms with van der Waals surface area (Å²) in [6.07, 6.45) is 5.38. The fraction of sp³-hybridized carbons (Fsp3) is 0.400. The van der Waals surface area contributed by atoms with Gasteiger partial charge in [0.05, 0.1) is 30.0 Å². The average Bonchev–Trinajstić information content (AvgIpc) is 3.19. The van der Waals surface area contributed by atoms with Gasteiger partial charge in [0.15, 0.2) is 18.2 Å². The van der Waals surface area contributed by atoms with E-state index in [2.05, 4.69) is 15.0 Å². The SMILES string of the molecule is COc1cc2c(=O)n(COC(=O)C(C)(C)C)cnc2cc1OCCc1ncc[nH]1. The second-order valence-corrected chi connectivity index (χ2v) is 7.48. The molecule has 2 aromatic heterocycles. The van der Waals surface area contributed by atoms with Gasteiger partial charge in [-0.2, -0.15) is 0 Å². The standard InChI is InChI=1S/C20H24N4O5/c1-20(2,3)19(26)29-12-24-11-23-14-10-16(15(27-4)9-13(14)18(24)25)28-8-5-17-21-6-7-22-17/h6-7,9-11H,5,8,12H2,1-4H3,(H,21,22). The molecule has 29 heavy (non-hydrogen) atoms. The summed E-state index contributed by atoms with van der Waals surface area (Å²) in [5.41, 5.74) is -0.529. The molecular formula is C20H24N4O5. The molecule has 0 atom stereocenters. The van der Waals surface area contributed by atoms with Gasteiger partial charge in [0.25, 0.3) is 5.56 Å². The van der Waals surface area contributed by atoms with E-state index in [1.165, 1.54) is 18.0 Å². The van der Waals surface area contributed by atoms with Gasteiger partial charge in [0, 0.05) is 24.9 Å². The fourth-order valence-corrected chi connectivity index (χ4v) is 2.57. The number of H-pyrrole nitrogens is 1. The maximum Gasteiger partial charge on any atom is 0.312 e. The Labute approximate surface area is 167 Å². The number of hydrogen-bond donors (Lipinski definition) is 1. The molecule has 9 nitrogen and oxygen atoms in total. The molecule has 0 amide bonds. The van der Waals surface area contributed by atoms with Crippen molar-refractivity contribution in [2.24, 2.45) is 5.41 Å². The number of aromatic amines is 1. The van der Waals surface area contributed by atoms with E-state index < -0.39 is 11.4 Å². The summed E-state index contributed by atoms with van der Waals surface area (Å²) in [7, 11) is 1.50.